The molecule has 0 radical (unpaired) electrons. The van der Waals surface area contributed by atoms with Gasteiger partial charge in [0.05, 0.1) is 42.1 Å². The van der Waals surface area contributed by atoms with Gasteiger partial charge in [0.15, 0.2) is 10.9 Å². The third-order valence-corrected chi connectivity index (χ3v) is 6.14. The molecule has 30 heavy (non-hydrogen) atoms. The number of hydrogen-bond donors (Lipinski definition) is 0. The topological polar surface area (TPSA) is 76.8 Å². The minimum atomic E-state index is 0.0673. The Morgan fingerprint density at radius 1 is 1.20 bits per heavy atom. The van der Waals surface area contributed by atoms with Crippen molar-refractivity contribution in [1.29, 1.82) is 5.26 Å². The first-order chi connectivity index (χ1) is 14.6. The third-order valence-electron chi connectivity index (χ3n) is 5.17. The molecule has 0 bridgehead atoms. The Balaban J connectivity index is 1.54. The van der Waals surface area contributed by atoms with E-state index < -0.39 is 0 Å². The van der Waals surface area contributed by atoms with Crippen LogP contribution in [0.25, 0.3) is 11.0 Å². The number of fused-ring (bicyclic) bond motifs is 1. The first-order valence-corrected chi connectivity index (χ1v) is 10.7. The lowest BCUT2D eigenvalue weighted by atomic mass is 10.2. The molecule has 4 rings (SSSR count). The number of benzene rings is 1. The minimum Gasteiger partial charge on any atom is -0.467 e. The van der Waals surface area contributed by atoms with E-state index in [-0.39, 0.29) is 5.78 Å². The number of nitrogens with zero attached hydrogens (tertiary/aromatic N) is 4. The van der Waals surface area contributed by atoms with Crippen LogP contribution in [0.1, 0.15) is 33.9 Å². The molecule has 3 aromatic heterocycles. The predicted molar refractivity (Wildman–Crippen MR) is 117 cm³/mol. The van der Waals surface area contributed by atoms with Gasteiger partial charge in [-0.3, -0.25) is 4.79 Å². The van der Waals surface area contributed by atoms with Crippen molar-refractivity contribution in [3.63, 3.8) is 0 Å². The van der Waals surface area contributed by atoms with Gasteiger partial charge in [-0.05, 0) is 44.2 Å². The molecule has 1 aromatic carbocycles. The normalized spacial score (nSPS) is 11.1. The van der Waals surface area contributed by atoms with Gasteiger partial charge in [-0.25, -0.2) is 4.98 Å². The highest BCUT2D eigenvalue weighted by Crippen LogP contribution is 2.26. The van der Waals surface area contributed by atoms with Gasteiger partial charge in [0, 0.05) is 23.5 Å². The first-order valence-electron chi connectivity index (χ1n) is 9.76. The molecule has 0 aliphatic carbocycles. The van der Waals surface area contributed by atoms with Crippen molar-refractivity contribution < 1.29 is 9.21 Å². The summed E-state index contributed by atoms with van der Waals surface area (Å²) >= 11 is 1.42. The summed E-state index contributed by atoms with van der Waals surface area (Å²) in [7, 11) is 0. The summed E-state index contributed by atoms with van der Waals surface area (Å²) in [6.45, 7) is 5.14. The predicted octanol–water partition coefficient (Wildman–Crippen LogP) is 4.98. The molecule has 3 heterocycles. The molecule has 0 saturated carbocycles. The van der Waals surface area contributed by atoms with Crippen LogP contribution < -0.4 is 0 Å². The van der Waals surface area contributed by atoms with Crippen LogP contribution in [-0.2, 0) is 13.1 Å². The first kappa shape index (κ1) is 20.0. The number of carbonyl (C=O) groups excluding carboxylic acids is 1. The molecule has 0 fully saturated rings. The van der Waals surface area contributed by atoms with Crippen LogP contribution in [0.3, 0.4) is 0 Å². The van der Waals surface area contributed by atoms with Crippen molar-refractivity contribution in [1.82, 2.24) is 14.1 Å². The number of rotatable bonds is 8. The number of imidazole rings is 1. The van der Waals surface area contributed by atoms with Crippen LogP contribution in [-0.4, -0.2) is 25.7 Å². The maximum Gasteiger partial charge on any atom is 0.175 e. The van der Waals surface area contributed by atoms with Crippen LogP contribution in [0.5, 0.6) is 0 Å². The zero-order chi connectivity index (χ0) is 21.1. The van der Waals surface area contributed by atoms with Crippen LogP contribution in [0.2, 0.25) is 0 Å². The van der Waals surface area contributed by atoms with Gasteiger partial charge in [0.1, 0.15) is 5.76 Å². The number of hydrogen-bond acceptors (Lipinski definition) is 5. The lowest BCUT2D eigenvalue weighted by Gasteiger charge is -2.08. The van der Waals surface area contributed by atoms with E-state index in [4.69, 9.17) is 9.68 Å². The standard InChI is InChI=1S/C23H22N4O2S/c1-16-13-19(17(2)27(16)14-18-7-5-12-29-18)22(28)15-30-23-25-20-8-3-4-9-21(20)26(23)11-6-10-24/h3-5,7-9,12-13H,6,11,14-15H2,1-2H3. The fourth-order valence-corrected chi connectivity index (χ4v) is 4.56. The fraction of sp³-hybridized carbons (Fsp3) is 0.261. The number of Topliss-reactive ketones (excluding diaryl/α,β-unsaturated/α-hetero) is 1. The van der Waals surface area contributed by atoms with Gasteiger partial charge < -0.3 is 13.6 Å². The highest BCUT2D eigenvalue weighted by molar-refractivity contribution is 7.99. The summed E-state index contributed by atoms with van der Waals surface area (Å²) in [5.41, 5.74) is 4.55. The number of thioether (sulfide) groups is 1. The van der Waals surface area contributed by atoms with Crippen molar-refractivity contribution in [3.8, 4) is 6.07 Å². The van der Waals surface area contributed by atoms with E-state index in [1.807, 2.05) is 60.9 Å². The molecule has 7 heteroatoms. The van der Waals surface area contributed by atoms with Crippen molar-refractivity contribution in [2.24, 2.45) is 0 Å². The van der Waals surface area contributed by atoms with Gasteiger partial charge in [-0.15, -0.1) is 0 Å². The number of nitriles is 1. The molecule has 0 amide bonds. The third kappa shape index (κ3) is 3.91. The summed E-state index contributed by atoms with van der Waals surface area (Å²) in [5, 5.41) is 9.76. The fourth-order valence-electron chi connectivity index (χ4n) is 3.63. The summed E-state index contributed by atoms with van der Waals surface area (Å²) in [5.74, 6) is 1.22. The van der Waals surface area contributed by atoms with Crippen LogP contribution in [0, 0.1) is 25.2 Å². The number of carbonyl (C=O) groups is 1. The summed E-state index contributed by atoms with van der Waals surface area (Å²) in [4.78, 5) is 17.7. The second kappa shape index (κ2) is 8.64. The van der Waals surface area contributed by atoms with Crippen molar-refractivity contribution in [3.05, 3.63) is 71.4 Å². The molecular weight excluding hydrogens is 396 g/mol. The Kier molecular flexibility index (Phi) is 5.77. The van der Waals surface area contributed by atoms with E-state index >= 15 is 0 Å². The molecular formula is C23H22N4O2S. The van der Waals surface area contributed by atoms with E-state index in [9.17, 15) is 4.79 Å². The van der Waals surface area contributed by atoms with Gasteiger partial charge in [-0.1, -0.05) is 23.9 Å². The highest BCUT2D eigenvalue weighted by atomic mass is 32.2. The molecule has 0 N–H and O–H groups in total. The van der Waals surface area contributed by atoms with Crippen LogP contribution >= 0.6 is 11.8 Å². The average molecular weight is 419 g/mol. The number of ketones is 1. The molecule has 0 unspecified atom stereocenters. The van der Waals surface area contributed by atoms with Gasteiger partial charge >= 0.3 is 0 Å². The molecule has 0 aliphatic heterocycles. The lowest BCUT2D eigenvalue weighted by Crippen LogP contribution is -2.08. The minimum absolute atomic E-state index is 0.0673. The maximum atomic E-state index is 13.0. The van der Waals surface area contributed by atoms with Crippen molar-refractivity contribution >= 4 is 28.6 Å². The second-order valence-electron chi connectivity index (χ2n) is 7.11. The van der Waals surface area contributed by atoms with Crippen LogP contribution in [0.15, 0.2) is 58.3 Å². The summed E-state index contributed by atoms with van der Waals surface area (Å²) in [6, 6.07) is 15.8. The molecule has 0 saturated heterocycles. The Bertz CT molecular complexity index is 1230. The van der Waals surface area contributed by atoms with Crippen LogP contribution in [0.4, 0.5) is 0 Å². The van der Waals surface area contributed by atoms with E-state index in [2.05, 4.69) is 15.6 Å². The smallest absolute Gasteiger partial charge is 0.175 e. The van der Waals surface area contributed by atoms with E-state index in [0.717, 1.165) is 38.9 Å². The summed E-state index contributed by atoms with van der Waals surface area (Å²) < 4.78 is 9.57. The average Bonchev–Trinajstić information content (AvgIpc) is 3.45. The summed E-state index contributed by atoms with van der Waals surface area (Å²) in [6.07, 6.45) is 2.06. The molecule has 0 spiro atoms. The number of aryl methyl sites for hydroxylation is 2. The largest absolute Gasteiger partial charge is 0.467 e. The SMILES string of the molecule is Cc1cc(C(=O)CSc2nc3ccccc3n2CCC#N)c(C)n1Cc1ccco1. The number of furan rings is 1. The van der Waals surface area contributed by atoms with E-state index in [0.29, 0.717) is 25.3 Å². The Morgan fingerprint density at radius 3 is 2.80 bits per heavy atom. The molecule has 0 atom stereocenters. The Labute approximate surface area is 179 Å². The van der Waals surface area contributed by atoms with Crippen molar-refractivity contribution in [2.45, 2.75) is 38.5 Å². The van der Waals surface area contributed by atoms with Gasteiger partial charge in [0.25, 0.3) is 0 Å². The van der Waals surface area contributed by atoms with Gasteiger partial charge in [0.2, 0.25) is 0 Å². The number of para-hydroxylation sites is 2. The Hall–Kier alpha value is -3.24. The van der Waals surface area contributed by atoms with E-state index in [1.165, 1.54) is 11.8 Å². The highest BCUT2D eigenvalue weighted by Gasteiger charge is 2.18. The quantitative estimate of drug-likeness (QED) is 0.298. The molecule has 152 valence electrons. The molecule has 6 nitrogen and oxygen atoms in total. The van der Waals surface area contributed by atoms with E-state index in [1.54, 1.807) is 6.26 Å². The second-order valence-corrected chi connectivity index (χ2v) is 8.05. The molecule has 0 aliphatic rings. The zero-order valence-electron chi connectivity index (χ0n) is 17.0. The lowest BCUT2D eigenvalue weighted by molar-refractivity contribution is 0.102. The monoisotopic (exact) mass is 418 g/mol. The van der Waals surface area contributed by atoms with Gasteiger partial charge in [-0.2, -0.15) is 5.26 Å². The zero-order valence-corrected chi connectivity index (χ0v) is 17.8. The number of aromatic nitrogens is 3. The van der Waals surface area contributed by atoms with Crippen molar-refractivity contribution in [2.75, 3.05) is 5.75 Å². The Morgan fingerprint density at radius 2 is 2.03 bits per heavy atom. The molecule has 4 aromatic rings. The maximum absolute atomic E-state index is 13.0.